The Morgan fingerprint density at radius 3 is 2.39 bits per heavy atom. The highest BCUT2D eigenvalue weighted by molar-refractivity contribution is 9.10. The number of nitrogens with zero attached hydrogens (tertiary/aromatic N) is 2. The van der Waals surface area contributed by atoms with Gasteiger partial charge in [0.2, 0.25) is 0 Å². The largest absolute Gasteiger partial charge is 0.372 e. The monoisotopic (exact) mass is 447 g/mol. The maximum atomic E-state index is 12.4. The van der Waals surface area contributed by atoms with Gasteiger partial charge in [0.25, 0.3) is 0 Å². The first-order valence-corrected chi connectivity index (χ1v) is 10.2. The molecule has 0 fully saturated rings. The summed E-state index contributed by atoms with van der Waals surface area (Å²) in [5.41, 5.74) is 4.59. The summed E-state index contributed by atoms with van der Waals surface area (Å²) in [5, 5.41) is 2.96. The Morgan fingerprint density at radius 2 is 1.71 bits per heavy atom. The van der Waals surface area contributed by atoms with Crippen molar-refractivity contribution in [2.75, 3.05) is 12.4 Å². The number of rotatable bonds is 2. The van der Waals surface area contributed by atoms with Gasteiger partial charge in [-0.15, -0.1) is 0 Å². The number of fused-ring (bicyclic) bond motifs is 2. The summed E-state index contributed by atoms with van der Waals surface area (Å²) in [6.07, 6.45) is 4.87. The molecular weight excluding hydrogens is 425 g/mol. The van der Waals surface area contributed by atoms with Gasteiger partial charge < -0.3 is 5.32 Å². The average Bonchev–Trinajstić information content (AvgIpc) is 2.69. The zero-order valence-electron chi connectivity index (χ0n) is 16.1. The van der Waals surface area contributed by atoms with Gasteiger partial charge in [-0.3, -0.25) is 9.59 Å². The third-order valence-electron chi connectivity index (χ3n) is 5.04. The van der Waals surface area contributed by atoms with Crippen molar-refractivity contribution in [2.45, 2.75) is 52.1 Å². The van der Waals surface area contributed by atoms with Crippen LogP contribution in [0, 0.1) is 6.92 Å². The molecule has 0 amide bonds. The summed E-state index contributed by atoms with van der Waals surface area (Å²) >= 11 is 3.42. The number of carbonyl (C=O) groups excluding carboxylic acids is 2. The maximum Gasteiger partial charge on any atom is 0.181 e. The normalized spacial score (nSPS) is 15.3. The van der Waals surface area contributed by atoms with Crippen molar-refractivity contribution in [3.63, 3.8) is 0 Å². The number of Topliss-reactive ketones (excluding diaryl/α,β-unsaturated/α-hetero) is 2. The van der Waals surface area contributed by atoms with Crippen LogP contribution in [0.3, 0.4) is 0 Å². The molecule has 1 N–H and O–H groups in total. The summed E-state index contributed by atoms with van der Waals surface area (Å²) in [6, 6.07) is 3.72. The minimum atomic E-state index is -0.596. The fraction of sp³-hybridized carbons (Fsp3) is 0.429. The number of pyridine rings is 2. The molecule has 0 unspecified atom stereocenters. The van der Waals surface area contributed by atoms with Crippen molar-refractivity contribution in [3.8, 4) is 0 Å². The SMILES string of the molecule is CNc1nc2c(cc1Br)CCCC2=O.Cc1cc(CF)nc2c1CCCC2=O. The van der Waals surface area contributed by atoms with E-state index in [0.29, 0.717) is 29.9 Å². The summed E-state index contributed by atoms with van der Waals surface area (Å²) in [6.45, 7) is 1.32. The van der Waals surface area contributed by atoms with Crippen LogP contribution in [0.1, 0.15) is 69.0 Å². The van der Waals surface area contributed by atoms with Crippen molar-refractivity contribution >= 4 is 33.3 Å². The lowest BCUT2D eigenvalue weighted by Gasteiger charge is -2.16. The second-order valence-electron chi connectivity index (χ2n) is 7.02. The van der Waals surface area contributed by atoms with Crippen molar-refractivity contribution in [2.24, 2.45) is 0 Å². The van der Waals surface area contributed by atoms with Crippen LogP contribution in [0.15, 0.2) is 16.6 Å². The molecule has 0 spiro atoms. The van der Waals surface area contributed by atoms with Crippen molar-refractivity contribution in [1.29, 1.82) is 0 Å². The van der Waals surface area contributed by atoms with Crippen LogP contribution < -0.4 is 5.32 Å². The Bertz CT molecular complexity index is 930. The van der Waals surface area contributed by atoms with Gasteiger partial charge in [0, 0.05) is 19.9 Å². The maximum absolute atomic E-state index is 12.4. The summed E-state index contributed by atoms with van der Waals surface area (Å²) in [7, 11) is 1.80. The Hall–Kier alpha value is -2.15. The second kappa shape index (κ2) is 8.90. The first-order chi connectivity index (χ1) is 13.4. The smallest absolute Gasteiger partial charge is 0.181 e. The molecular formula is C21H23BrFN3O2. The Morgan fingerprint density at radius 1 is 1.04 bits per heavy atom. The van der Waals surface area contributed by atoms with E-state index in [9.17, 15) is 14.0 Å². The minimum Gasteiger partial charge on any atom is -0.372 e. The summed E-state index contributed by atoms with van der Waals surface area (Å²) in [4.78, 5) is 31.4. The van der Waals surface area contributed by atoms with Crippen LogP contribution >= 0.6 is 15.9 Å². The lowest BCUT2D eigenvalue weighted by molar-refractivity contribution is 0.0959. The molecule has 0 saturated heterocycles. The molecule has 2 aliphatic carbocycles. The molecule has 2 aliphatic rings. The molecule has 7 heteroatoms. The molecule has 2 aromatic rings. The van der Waals surface area contributed by atoms with Crippen LogP contribution in [0.2, 0.25) is 0 Å². The van der Waals surface area contributed by atoms with E-state index in [1.165, 1.54) is 0 Å². The number of anilines is 1. The Labute approximate surface area is 172 Å². The van der Waals surface area contributed by atoms with Crippen molar-refractivity contribution in [3.05, 3.63) is 50.4 Å². The highest BCUT2D eigenvalue weighted by Gasteiger charge is 2.21. The highest BCUT2D eigenvalue weighted by atomic mass is 79.9. The summed E-state index contributed by atoms with van der Waals surface area (Å²) < 4.78 is 13.4. The van der Waals surface area contributed by atoms with E-state index in [1.54, 1.807) is 13.1 Å². The lowest BCUT2D eigenvalue weighted by Crippen LogP contribution is -2.15. The van der Waals surface area contributed by atoms with Gasteiger partial charge in [0.05, 0.1) is 10.2 Å². The molecule has 28 heavy (non-hydrogen) atoms. The van der Waals surface area contributed by atoms with Gasteiger partial charge in [0.15, 0.2) is 11.6 Å². The standard InChI is InChI=1S/C11H12FNO.C10H11BrN2O/c1-7-5-8(6-12)13-11-9(7)3-2-4-10(11)14;1-12-10-7(11)5-6-3-2-4-8(14)9(6)13-10/h5H,2-4,6H2,1H3;5H,2-4H2,1H3,(H,12,13). The quantitative estimate of drug-likeness (QED) is 0.716. The van der Waals surface area contributed by atoms with Crippen LogP contribution in [0.5, 0.6) is 0 Å². The van der Waals surface area contributed by atoms with Crippen molar-refractivity contribution in [1.82, 2.24) is 9.97 Å². The molecule has 0 saturated carbocycles. The lowest BCUT2D eigenvalue weighted by atomic mass is 9.91. The number of ketones is 2. The molecule has 148 valence electrons. The van der Waals surface area contributed by atoms with E-state index in [0.717, 1.165) is 52.7 Å². The van der Waals surface area contributed by atoms with Gasteiger partial charge in [0.1, 0.15) is 23.9 Å². The molecule has 0 radical (unpaired) electrons. The molecule has 2 aromatic heterocycles. The predicted octanol–water partition coefficient (Wildman–Crippen LogP) is 4.78. The van der Waals surface area contributed by atoms with Crippen LogP contribution in [-0.2, 0) is 19.5 Å². The third kappa shape index (κ3) is 4.29. The van der Waals surface area contributed by atoms with Gasteiger partial charge >= 0.3 is 0 Å². The predicted molar refractivity (Wildman–Crippen MR) is 110 cm³/mol. The van der Waals surface area contributed by atoms with Crippen LogP contribution in [0.4, 0.5) is 10.2 Å². The molecule has 0 aliphatic heterocycles. The van der Waals surface area contributed by atoms with Gasteiger partial charge in [-0.05, 0) is 77.4 Å². The van der Waals surface area contributed by atoms with Gasteiger partial charge in [-0.1, -0.05) is 0 Å². The van der Waals surface area contributed by atoms with Crippen LogP contribution in [0.25, 0.3) is 0 Å². The number of alkyl halides is 1. The highest BCUT2D eigenvalue weighted by Crippen LogP contribution is 2.27. The van der Waals surface area contributed by atoms with Crippen molar-refractivity contribution < 1.29 is 14.0 Å². The first-order valence-electron chi connectivity index (χ1n) is 9.43. The molecule has 0 aromatic carbocycles. The summed E-state index contributed by atoms with van der Waals surface area (Å²) in [5.74, 6) is 0.957. The average molecular weight is 448 g/mol. The fourth-order valence-electron chi connectivity index (χ4n) is 3.62. The van der Waals surface area contributed by atoms with E-state index in [4.69, 9.17) is 0 Å². The third-order valence-corrected chi connectivity index (χ3v) is 5.64. The second-order valence-corrected chi connectivity index (χ2v) is 7.88. The number of carbonyl (C=O) groups is 2. The van der Waals surface area contributed by atoms with E-state index in [2.05, 4.69) is 31.2 Å². The first kappa shape index (κ1) is 20.6. The number of hydrogen-bond acceptors (Lipinski definition) is 5. The van der Waals surface area contributed by atoms with Crippen LogP contribution in [-0.4, -0.2) is 28.6 Å². The van der Waals surface area contributed by atoms with Gasteiger partial charge in [-0.25, -0.2) is 14.4 Å². The number of aryl methyl sites for hydroxylation is 2. The molecule has 2 heterocycles. The number of halogens is 2. The number of aromatic nitrogens is 2. The number of nitrogens with one attached hydrogen (secondary N) is 1. The Kier molecular flexibility index (Phi) is 6.54. The molecule has 0 atom stereocenters. The number of hydrogen-bond donors (Lipinski definition) is 1. The molecule has 0 bridgehead atoms. The fourth-order valence-corrected chi connectivity index (χ4v) is 4.18. The topological polar surface area (TPSA) is 72.0 Å². The van der Waals surface area contributed by atoms with E-state index in [-0.39, 0.29) is 11.6 Å². The minimum absolute atomic E-state index is 0.0599. The van der Waals surface area contributed by atoms with E-state index >= 15 is 0 Å². The van der Waals surface area contributed by atoms with Gasteiger partial charge in [-0.2, -0.15) is 0 Å². The molecule has 5 nitrogen and oxygen atoms in total. The molecule has 4 rings (SSSR count). The zero-order valence-corrected chi connectivity index (χ0v) is 17.7. The van der Waals surface area contributed by atoms with E-state index in [1.807, 2.05) is 13.0 Å². The Balaban J connectivity index is 0.000000161. The zero-order chi connectivity index (χ0) is 20.3. The van der Waals surface area contributed by atoms with E-state index < -0.39 is 6.67 Å².